The van der Waals surface area contributed by atoms with Gasteiger partial charge in [-0.25, -0.2) is 4.79 Å². The van der Waals surface area contributed by atoms with Crippen LogP contribution in [0.4, 0.5) is 11.4 Å². The Morgan fingerprint density at radius 2 is 1.61 bits per heavy atom. The molecule has 0 saturated heterocycles. The highest BCUT2D eigenvalue weighted by Gasteiger charge is 2.15. The molecule has 3 rings (SSSR count). The minimum absolute atomic E-state index is 0.0555. The Labute approximate surface area is 187 Å². The maximum absolute atomic E-state index is 10.8. The van der Waals surface area contributed by atoms with Gasteiger partial charge in [0.2, 0.25) is 11.7 Å². The van der Waals surface area contributed by atoms with E-state index in [1.54, 1.807) is 45.0 Å². The molecule has 0 radical (unpaired) electrons. The van der Waals surface area contributed by atoms with E-state index in [0.717, 1.165) is 0 Å². The number of nitro benzene ring substituents is 2. The van der Waals surface area contributed by atoms with E-state index in [-0.39, 0.29) is 17.2 Å². The number of nitro groups is 2. The van der Waals surface area contributed by atoms with Gasteiger partial charge in [0, 0.05) is 48.2 Å². The average molecular weight is 456 g/mol. The van der Waals surface area contributed by atoms with Crippen LogP contribution in [0.25, 0.3) is 11.4 Å². The van der Waals surface area contributed by atoms with E-state index in [0.29, 0.717) is 34.0 Å². The van der Waals surface area contributed by atoms with Crippen LogP contribution in [0.2, 0.25) is 0 Å². The lowest BCUT2D eigenvalue weighted by molar-refractivity contribution is -0.385. The number of oxime groups is 1. The number of amidine groups is 1. The molecule has 0 amide bonds. The van der Waals surface area contributed by atoms with Gasteiger partial charge >= 0.3 is 5.97 Å². The van der Waals surface area contributed by atoms with Crippen molar-refractivity contribution < 1.29 is 24.0 Å². The molecule has 1 heterocycles. The zero-order valence-electron chi connectivity index (χ0n) is 18.1. The fourth-order valence-corrected chi connectivity index (χ4v) is 2.49. The lowest BCUT2D eigenvalue weighted by Crippen LogP contribution is -2.15. The molecule has 13 heteroatoms. The largest absolute Gasteiger partial charge is 0.380 e. The lowest BCUT2D eigenvalue weighted by atomic mass is 10.1. The normalized spacial score (nSPS) is 10.7. The van der Waals surface area contributed by atoms with Crippen LogP contribution in [0.3, 0.4) is 0 Å². The van der Waals surface area contributed by atoms with Crippen molar-refractivity contribution in [1.82, 2.24) is 10.1 Å². The van der Waals surface area contributed by atoms with Gasteiger partial charge in [-0.2, -0.15) is 4.98 Å². The van der Waals surface area contributed by atoms with Crippen molar-refractivity contribution in [3.8, 4) is 11.4 Å². The second-order valence-electron chi connectivity index (χ2n) is 6.71. The van der Waals surface area contributed by atoms with Gasteiger partial charge in [-0.1, -0.05) is 34.6 Å². The summed E-state index contributed by atoms with van der Waals surface area (Å²) in [5.74, 6) is 0.0803. The number of nitrogens with zero attached hydrogens (tertiary/aromatic N) is 5. The van der Waals surface area contributed by atoms with Crippen molar-refractivity contribution >= 4 is 23.2 Å². The number of aromatic nitrogens is 2. The van der Waals surface area contributed by atoms with Crippen molar-refractivity contribution in [2.24, 2.45) is 10.9 Å². The zero-order chi connectivity index (χ0) is 24.7. The number of carbonyl (C=O) groups excluding carboxylic acids is 1. The van der Waals surface area contributed by atoms with Crippen molar-refractivity contribution in [1.29, 1.82) is 0 Å². The molecule has 0 atom stereocenters. The van der Waals surface area contributed by atoms with Gasteiger partial charge in [0.1, 0.15) is 0 Å². The van der Waals surface area contributed by atoms with Crippen LogP contribution in [0.5, 0.6) is 0 Å². The molecule has 0 aliphatic rings. The van der Waals surface area contributed by atoms with E-state index >= 15 is 0 Å². The molecule has 2 aromatic carbocycles. The lowest BCUT2D eigenvalue weighted by Gasteiger charge is -2.02. The molecule has 0 spiro atoms. The first-order valence-electron chi connectivity index (χ1n) is 9.31. The third kappa shape index (κ3) is 6.65. The Morgan fingerprint density at radius 1 is 1.03 bits per heavy atom. The van der Waals surface area contributed by atoms with E-state index in [1.807, 2.05) is 0 Å². The molecule has 0 aliphatic heterocycles. The molecule has 33 heavy (non-hydrogen) atoms. The van der Waals surface area contributed by atoms with Crippen LogP contribution in [0.15, 0.2) is 46.1 Å². The molecule has 0 bridgehead atoms. The number of nitrogens with two attached hydrogens (primary N) is 1. The number of benzene rings is 2. The quantitative estimate of drug-likeness (QED) is 0.196. The predicted octanol–water partition coefficient (Wildman–Crippen LogP) is 3.35. The molecule has 0 saturated carbocycles. The number of rotatable bonds is 5. The highest BCUT2D eigenvalue weighted by atomic mass is 16.7. The van der Waals surface area contributed by atoms with Crippen LogP contribution in [-0.4, -0.2) is 31.8 Å². The number of aryl methyl sites for hydroxylation is 3. The SMILES string of the molecule is CC(=O)O/N=C(\N)c1ccc(C)c([N+](=O)[O-])c1.Cc1nc(-c2ccc(C)c([N+](=O)[O-])c2)no1. The Balaban J connectivity index is 0.000000234. The van der Waals surface area contributed by atoms with Crippen molar-refractivity contribution in [3.05, 3.63) is 79.2 Å². The van der Waals surface area contributed by atoms with Crippen molar-refractivity contribution in [2.45, 2.75) is 27.7 Å². The second kappa shape index (κ2) is 10.6. The van der Waals surface area contributed by atoms with Crippen LogP contribution in [0, 0.1) is 41.0 Å². The first-order chi connectivity index (χ1) is 15.5. The Bertz CT molecular complexity index is 1240. The third-order valence-corrected chi connectivity index (χ3v) is 4.17. The molecule has 3 aromatic rings. The molecule has 0 aliphatic carbocycles. The van der Waals surface area contributed by atoms with E-state index in [4.69, 9.17) is 10.3 Å². The van der Waals surface area contributed by atoms with E-state index in [2.05, 4.69) is 20.1 Å². The van der Waals surface area contributed by atoms with Gasteiger partial charge in [0.05, 0.1) is 9.85 Å². The fourth-order valence-electron chi connectivity index (χ4n) is 2.49. The Morgan fingerprint density at radius 3 is 2.12 bits per heavy atom. The summed E-state index contributed by atoms with van der Waals surface area (Å²) in [4.78, 5) is 39.4. The van der Waals surface area contributed by atoms with E-state index < -0.39 is 15.8 Å². The summed E-state index contributed by atoms with van der Waals surface area (Å²) >= 11 is 0. The van der Waals surface area contributed by atoms with Crippen molar-refractivity contribution in [2.75, 3.05) is 0 Å². The van der Waals surface area contributed by atoms with Gasteiger partial charge in [0.15, 0.2) is 5.84 Å². The molecule has 13 nitrogen and oxygen atoms in total. The maximum Gasteiger partial charge on any atom is 0.332 e. The summed E-state index contributed by atoms with van der Waals surface area (Å²) in [6, 6.07) is 9.22. The minimum Gasteiger partial charge on any atom is -0.380 e. The second-order valence-corrected chi connectivity index (χ2v) is 6.71. The molecular formula is C20H20N6O7. The molecule has 1 aromatic heterocycles. The molecule has 2 N–H and O–H groups in total. The zero-order valence-corrected chi connectivity index (χ0v) is 18.1. The number of hydrogen-bond donors (Lipinski definition) is 1. The highest BCUT2D eigenvalue weighted by molar-refractivity contribution is 5.98. The fraction of sp³-hybridized carbons (Fsp3) is 0.200. The molecular weight excluding hydrogens is 436 g/mol. The predicted molar refractivity (Wildman–Crippen MR) is 116 cm³/mol. The first kappa shape index (κ1) is 24.6. The Hall–Kier alpha value is -4.68. The summed E-state index contributed by atoms with van der Waals surface area (Å²) < 4.78 is 4.82. The number of hydrogen-bond acceptors (Lipinski definition) is 10. The van der Waals surface area contributed by atoms with Gasteiger partial charge in [-0.3, -0.25) is 20.2 Å². The summed E-state index contributed by atoms with van der Waals surface area (Å²) in [6.45, 7) is 6.14. The molecule has 172 valence electrons. The van der Waals surface area contributed by atoms with Crippen LogP contribution in [0.1, 0.15) is 29.5 Å². The van der Waals surface area contributed by atoms with Crippen LogP contribution < -0.4 is 5.73 Å². The third-order valence-electron chi connectivity index (χ3n) is 4.17. The molecule has 0 unspecified atom stereocenters. The molecule has 0 fully saturated rings. The summed E-state index contributed by atoms with van der Waals surface area (Å²) in [5.41, 5.74) is 7.52. The standard InChI is InChI=1S/C10H11N3O4.C10H9N3O3/c1-6-3-4-8(5-9(6)13(15)16)10(11)12-17-7(2)14;1-6-3-4-8(5-9(6)13(14)15)10-11-7(2)16-12-10/h3-5H,1-2H3,(H2,11,12);3-5H,1-2H3. The van der Waals surface area contributed by atoms with Crippen molar-refractivity contribution in [3.63, 3.8) is 0 Å². The smallest absolute Gasteiger partial charge is 0.332 e. The topological polar surface area (TPSA) is 190 Å². The highest BCUT2D eigenvalue weighted by Crippen LogP contribution is 2.24. The first-order valence-corrected chi connectivity index (χ1v) is 9.31. The van der Waals surface area contributed by atoms with Gasteiger partial charge < -0.3 is 15.1 Å². The Kier molecular flexibility index (Phi) is 7.87. The van der Waals surface area contributed by atoms with Crippen LogP contribution in [-0.2, 0) is 9.63 Å². The van der Waals surface area contributed by atoms with Gasteiger partial charge in [0.25, 0.3) is 11.4 Å². The summed E-state index contributed by atoms with van der Waals surface area (Å²) in [5, 5.41) is 28.5. The van der Waals surface area contributed by atoms with Gasteiger partial charge in [-0.15, -0.1) is 0 Å². The van der Waals surface area contributed by atoms with Gasteiger partial charge in [-0.05, 0) is 13.8 Å². The summed E-state index contributed by atoms with van der Waals surface area (Å²) in [7, 11) is 0. The van der Waals surface area contributed by atoms with E-state index in [1.165, 1.54) is 19.1 Å². The maximum atomic E-state index is 10.8. The number of carbonyl (C=O) groups is 1. The average Bonchev–Trinajstić information content (AvgIpc) is 3.19. The summed E-state index contributed by atoms with van der Waals surface area (Å²) in [6.07, 6.45) is 0. The minimum atomic E-state index is -0.616. The van der Waals surface area contributed by atoms with E-state index in [9.17, 15) is 25.0 Å². The van der Waals surface area contributed by atoms with Crippen LogP contribution >= 0.6 is 0 Å². The monoisotopic (exact) mass is 456 g/mol.